The van der Waals surface area contributed by atoms with Gasteiger partial charge in [0.15, 0.2) is 0 Å². The van der Waals surface area contributed by atoms with Crippen molar-refractivity contribution in [2.45, 2.75) is 11.1 Å². The summed E-state index contributed by atoms with van der Waals surface area (Å²) in [6, 6.07) is 5.09. The minimum Gasteiger partial charge on any atom is -0.399 e. The van der Waals surface area contributed by atoms with Gasteiger partial charge in [-0.05, 0) is 36.8 Å². The van der Waals surface area contributed by atoms with E-state index in [1.165, 1.54) is 18.2 Å². The summed E-state index contributed by atoms with van der Waals surface area (Å²) in [4.78, 5) is 0. The second-order valence-electron chi connectivity index (χ2n) is 3.87. The first-order valence-corrected chi connectivity index (χ1v) is 7.81. The second kappa shape index (κ2) is 4.99. The molecule has 0 spiro atoms. The van der Waals surface area contributed by atoms with Crippen LogP contribution in [0.2, 0.25) is 4.34 Å². The van der Waals surface area contributed by atoms with E-state index in [4.69, 9.17) is 17.3 Å². The van der Waals surface area contributed by atoms with Crippen LogP contribution in [0.4, 0.5) is 15.8 Å². The highest BCUT2D eigenvalue weighted by Crippen LogP contribution is 2.31. The summed E-state index contributed by atoms with van der Waals surface area (Å²) < 4.78 is 40.2. The van der Waals surface area contributed by atoms with Gasteiger partial charge in [-0.3, -0.25) is 4.72 Å². The van der Waals surface area contributed by atoms with Gasteiger partial charge in [0.2, 0.25) is 0 Å². The standard InChI is InChI=1S/C11H10ClFN2O2S2/c1-6-4-10(18-11(6)12)19(16,17)15-9-5-7(14)2-3-8(9)13/h2-5,15H,14H2,1H3. The summed E-state index contributed by atoms with van der Waals surface area (Å²) >= 11 is 6.74. The van der Waals surface area contributed by atoms with E-state index < -0.39 is 15.8 Å². The number of nitrogens with two attached hydrogens (primary N) is 1. The number of hydrogen-bond acceptors (Lipinski definition) is 4. The molecule has 19 heavy (non-hydrogen) atoms. The highest BCUT2D eigenvalue weighted by atomic mass is 35.5. The molecule has 2 aromatic rings. The molecule has 1 aromatic carbocycles. The fourth-order valence-corrected chi connectivity index (χ4v) is 4.15. The summed E-state index contributed by atoms with van der Waals surface area (Å²) in [7, 11) is -3.87. The third kappa shape index (κ3) is 2.99. The lowest BCUT2D eigenvalue weighted by atomic mass is 10.3. The number of nitrogens with one attached hydrogen (secondary N) is 1. The second-order valence-corrected chi connectivity index (χ2v) is 7.43. The molecule has 0 amide bonds. The monoisotopic (exact) mass is 320 g/mol. The molecule has 0 saturated carbocycles. The topological polar surface area (TPSA) is 72.2 Å². The van der Waals surface area contributed by atoms with Gasteiger partial charge in [0.05, 0.1) is 10.0 Å². The maximum Gasteiger partial charge on any atom is 0.271 e. The van der Waals surface area contributed by atoms with Crippen LogP contribution in [0.3, 0.4) is 0 Å². The first-order valence-electron chi connectivity index (χ1n) is 5.13. The zero-order valence-corrected chi connectivity index (χ0v) is 12.2. The van der Waals surface area contributed by atoms with Gasteiger partial charge in [0.1, 0.15) is 10.0 Å². The van der Waals surface area contributed by atoms with Crippen molar-refractivity contribution in [3.05, 3.63) is 40.0 Å². The molecule has 0 atom stereocenters. The molecule has 1 aromatic heterocycles. The fraction of sp³-hybridized carbons (Fsp3) is 0.0909. The molecule has 8 heteroatoms. The molecule has 3 N–H and O–H groups in total. The Kier molecular flexibility index (Phi) is 3.71. The van der Waals surface area contributed by atoms with Crippen LogP contribution in [0.5, 0.6) is 0 Å². The Morgan fingerprint density at radius 3 is 2.63 bits per heavy atom. The quantitative estimate of drug-likeness (QED) is 0.853. The third-order valence-corrected chi connectivity index (χ3v) is 5.73. The molecule has 0 bridgehead atoms. The third-order valence-electron chi connectivity index (χ3n) is 2.33. The molecule has 0 aliphatic carbocycles. The molecule has 102 valence electrons. The Morgan fingerprint density at radius 1 is 1.37 bits per heavy atom. The summed E-state index contributed by atoms with van der Waals surface area (Å²) in [5.74, 6) is -0.697. The molecule has 4 nitrogen and oxygen atoms in total. The minimum atomic E-state index is -3.87. The number of benzene rings is 1. The van der Waals surface area contributed by atoms with Crippen molar-refractivity contribution in [2.75, 3.05) is 10.5 Å². The number of sulfonamides is 1. The number of thiophene rings is 1. The van der Waals surface area contributed by atoms with E-state index in [2.05, 4.69) is 4.72 Å². The van der Waals surface area contributed by atoms with Crippen LogP contribution in [0.15, 0.2) is 28.5 Å². The number of aryl methyl sites for hydroxylation is 1. The Morgan fingerprint density at radius 2 is 2.05 bits per heavy atom. The Balaban J connectivity index is 2.39. The van der Waals surface area contributed by atoms with Gasteiger partial charge in [-0.2, -0.15) is 0 Å². The molecule has 0 unspecified atom stereocenters. The van der Waals surface area contributed by atoms with E-state index >= 15 is 0 Å². The Hall–Kier alpha value is -1.31. The number of anilines is 2. The van der Waals surface area contributed by atoms with Gasteiger partial charge < -0.3 is 5.73 Å². The van der Waals surface area contributed by atoms with E-state index in [-0.39, 0.29) is 15.6 Å². The molecule has 0 aliphatic heterocycles. The van der Waals surface area contributed by atoms with Crippen molar-refractivity contribution in [3.8, 4) is 0 Å². The Bertz CT molecular complexity index is 709. The summed E-state index contributed by atoms with van der Waals surface area (Å²) in [5.41, 5.74) is 6.22. The zero-order valence-electron chi connectivity index (χ0n) is 9.78. The molecule has 0 radical (unpaired) electrons. The maximum absolute atomic E-state index is 13.5. The maximum atomic E-state index is 13.5. The van der Waals surface area contributed by atoms with Gasteiger partial charge in [-0.1, -0.05) is 11.6 Å². The van der Waals surface area contributed by atoms with Crippen LogP contribution in [0, 0.1) is 12.7 Å². The minimum absolute atomic E-state index is 0.0248. The highest BCUT2D eigenvalue weighted by Gasteiger charge is 2.20. The molecular weight excluding hydrogens is 311 g/mol. The van der Waals surface area contributed by atoms with E-state index in [0.717, 1.165) is 17.4 Å². The van der Waals surface area contributed by atoms with Crippen LogP contribution < -0.4 is 10.5 Å². The first kappa shape index (κ1) is 14.1. The van der Waals surface area contributed by atoms with Crippen LogP contribution >= 0.6 is 22.9 Å². The molecule has 0 fully saturated rings. The Labute approximate surface area is 119 Å². The number of rotatable bonds is 3. The lowest BCUT2D eigenvalue weighted by Crippen LogP contribution is -2.12. The fourth-order valence-electron chi connectivity index (χ4n) is 1.38. The highest BCUT2D eigenvalue weighted by molar-refractivity contribution is 7.94. The van der Waals surface area contributed by atoms with Crippen LogP contribution in [0.25, 0.3) is 0 Å². The molecule has 0 aliphatic rings. The van der Waals surface area contributed by atoms with Crippen molar-refractivity contribution < 1.29 is 12.8 Å². The SMILES string of the molecule is Cc1cc(S(=O)(=O)Nc2cc(N)ccc2F)sc1Cl. The number of hydrogen-bond donors (Lipinski definition) is 2. The first-order chi connectivity index (χ1) is 8.79. The molecular formula is C11H10ClFN2O2S2. The number of nitrogen functional groups attached to an aromatic ring is 1. The van der Waals surface area contributed by atoms with Crippen LogP contribution in [-0.4, -0.2) is 8.42 Å². The molecule has 2 rings (SSSR count). The van der Waals surface area contributed by atoms with Crippen molar-refractivity contribution in [1.82, 2.24) is 0 Å². The lowest BCUT2D eigenvalue weighted by Gasteiger charge is -2.07. The van der Waals surface area contributed by atoms with E-state index in [1.54, 1.807) is 6.92 Å². The van der Waals surface area contributed by atoms with Gasteiger partial charge in [0, 0.05) is 5.69 Å². The van der Waals surface area contributed by atoms with Crippen molar-refractivity contribution in [2.24, 2.45) is 0 Å². The predicted molar refractivity (Wildman–Crippen MR) is 75.7 cm³/mol. The predicted octanol–water partition coefficient (Wildman–Crippen LogP) is 3.23. The van der Waals surface area contributed by atoms with Crippen LogP contribution in [0.1, 0.15) is 5.56 Å². The van der Waals surface area contributed by atoms with Gasteiger partial charge in [0.25, 0.3) is 10.0 Å². The normalized spacial score (nSPS) is 11.5. The van der Waals surface area contributed by atoms with Crippen molar-refractivity contribution in [3.63, 3.8) is 0 Å². The van der Waals surface area contributed by atoms with Crippen molar-refractivity contribution in [1.29, 1.82) is 0 Å². The summed E-state index contributed by atoms with van der Waals surface area (Å²) in [5, 5.41) is 0. The summed E-state index contributed by atoms with van der Waals surface area (Å²) in [6.45, 7) is 1.69. The molecule has 1 heterocycles. The number of halogens is 2. The van der Waals surface area contributed by atoms with Gasteiger partial charge in [-0.15, -0.1) is 11.3 Å². The van der Waals surface area contributed by atoms with E-state index in [1.807, 2.05) is 0 Å². The lowest BCUT2D eigenvalue weighted by molar-refractivity contribution is 0.600. The smallest absolute Gasteiger partial charge is 0.271 e. The van der Waals surface area contributed by atoms with Crippen LogP contribution in [-0.2, 0) is 10.0 Å². The molecule has 0 saturated heterocycles. The average Bonchev–Trinajstić information content (AvgIpc) is 2.65. The summed E-state index contributed by atoms with van der Waals surface area (Å²) in [6.07, 6.45) is 0. The zero-order chi connectivity index (χ0) is 14.2. The van der Waals surface area contributed by atoms with Gasteiger partial charge in [-0.25, -0.2) is 12.8 Å². The van der Waals surface area contributed by atoms with Crippen molar-refractivity contribution >= 4 is 44.3 Å². The van der Waals surface area contributed by atoms with Gasteiger partial charge >= 0.3 is 0 Å². The van der Waals surface area contributed by atoms with E-state index in [9.17, 15) is 12.8 Å². The largest absolute Gasteiger partial charge is 0.399 e. The van der Waals surface area contributed by atoms with E-state index in [0.29, 0.717) is 9.90 Å². The average molecular weight is 321 g/mol.